The normalized spacial score (nSPS) is 11.8. The number of ketones is 2. The molecule has 2 aromatic carbocycles. The van der Waals surface area contributed by atoms with E-state index in [4.69, 9.17) is 11.5 Å². The van der Waals surface area contributed by atoms with Gasteiger partial charge in [0.25, 0.3) is 0 Å². The van der Waals surface area contributed by atoms with E-state index in [9.17, 15) is 9.59 Å². The van der Waals surface area contributed by atoms with Gasteiger partial charge in [0.2, 0.25) is 0 Å². The molecule has 6 rings (SSSR count). The Kier molecular flexibility index (Phi) is 8.96. The molecule has 0 bridgehead atoms. The predicted molar refractivity (Wildman–Crippen MR) is 182 cm³/mol. The molecule has 10 nitrogen and oxygen atoms in total. The van der Waals surface area contributed by atoms with Gasteiger partial charge in [0.05, 0.1) is 34.9 Å². The van der Waals surface area contributed by atoms with Crippen molar-refractivity contribution in [1.29, 1.82) is 0 Å². The van der Waals surface area contributed by atoms with Crippen LogP contribution in [0.3, 0.4) is 0 Å². The number of aromatic nitrogens is 6. The summed E-state index contributed by atoms with van der Waals surface area (Å²) in [6.07, 6.45) is 6.80. The maximum Gasteiger partial charge on any atom is 0.171 e. The predicted octanol–water partition coefficient (Wildman–Crippen LogP) is 6.62. The summed E-state index contributed by atoms with van der Waals surface area (Å²) in [5.74, 6) is 0.0943. The number of nitrogens with zero attached hydrogens (tertiary/aromatic N) is 4. The van der Waals surface area contributed by atoms with Crippen molar-refractivity contribution in [3.63, 3.8) is 0 Å². The minimum absolute atomic E-state index is 0.0471. The van der Waals surface area contributed by atoms with Crippen molar-refractivity contribution < 1.29 is 9.59 Å². The lowest BCUT2D eigenvalue weighted by Gasteiger charge is -2.15. The molecule has 6 aromatic rings. The lowest BCUT2D eigenvalue weighted by molar-refractivity contribution is 0.0854. The first-order valence-electron chi connectivity index (χ1n) is 15.2. The Bertz CT molecular complexity index is 1900. The number of nitrogens with one attached hydrogen (secondary N) is 2. The van der Waals surface area contributed by atoms with Crippen LogP contribution in [-0.4, -0.2) is 41.5 Å². The Morgan fingerprint density at radius 1 is 0.652 bits per heavy atom. The number of Topliss-reactive ketones (excluding diaryl/α,β-unsaturated/α-hetero) is 2. The summed E-state index contributed by atoms with van der Waals surface area (Å²) in [7, 11) is 0. The molecule has 0 saturated carbocycles. The second-order valence-electron chi connectivity index (χ2n) is 13.3. The van der Waals surface area contributed by atoms with Gasteiger partial charge in [0.1, 0.15) is 11.0 Å². The fourth-order valence-electron chi connectivity index (χ4n) is 4.93. The van der Waals surface area contributed by atoms with Crippen molar-refractivity contribution in [2.45, 2.75) is 54.6 Å². The molecular formula is C36H40N8O2. The molecule has 0 saturated heterocycles. The van der Waals surface area contributed by atoms with Crippen LogP contribution in [0, 0.1) is 10.8 Å². The molecule has 0 radical (unpaired) electrons. The molecule has 0 spiro atoms. The van der Waals surface area contributed by atoms with Gasteiger partial charge in [-0.25, -0.2) is 19.9 Å². The van der Waals surface area contributed by atoms with Gasteiger partial charge in [-0.1, -0.05) is 77.9 Å². The third-order valence-electron chi connectivity index (χ3n) is 7.53. The van der Waals surface area contributed by atoms with Crippen molar-refractivity contribution in [2.75, 3.05) is 0 Å². The number of fused-ring (bicyclic) bond motifs is 2. The molecule has 0 atom stereocenters. The number of hydrogen-bond acceptors (Lipinski definition) is 8. The Morgan fingerprint density at radius 2 is 1.04 bits per heavy atom. The van der Waals surface area contributed by atoms with Crippen LogP contribution in [0.25, 0.3) is 44.8 Å². The van der Waals surface area contributed by atoms with Crippen LogP contribution in [-0.2, 0) is 13.1 Å². The van der Waals surface area contributed by atoms with Crippen molar-refractivity contribution in [3.8, 4) is 22.5 Å². The summed E-state index contributed by atoms with van der Waals surface area (Å²) in [6.45, 7) is 12.3. The van der Waals surface area contributed by atoms with Crippen LogP contribution < -0.4 is 11.5 Å². The Labute approximate surface area is 268 Å². The highest BCUT2D eigenvalue weighted by molar-refractivity contribution is 6.09. The maximum absolute atomic E-state index is 12.6. The topological polar surface area (TPSA) is 169 Å². The van der Waals surface area contributed by atoms with E-state index in [0.29, 0.717) is 46.5 Å². The van der Waals surface area contributed by atoms with Crippen molar-refractivity contribution in [1.82, 2.24) is 29.9 Å². The standard InChI is InChI=1S/2C18H20N4O/c2*1-18(2,3)16(23)13-9-20-17-15(13)22-14(10-21-17)12-6-4-5-11(7-12)8-19/h2*4-7,9-10H,8,19H2,1-3H3,(H,20,21). The summed E-state index contributed by atoms with van der Waals surface area (Å²) in [6, 6.07) is 15.8. The smallest absolute Gasteiger partial charge is 0.171 e. The zero-order valence-corrected chi connectivity index (χ0v) is 27.1. The number of carbonyl (C=O) groups is 2. The van der Waals surface area contributed by atoms with Gasteiger partial charge < -0.3 is 21.4 Å². The number of benzene rings is 2. The number of hydrogen-bond donors (Lipinski definition) is 4. The SMILES string of the molecule is CC(C)(C)C(=O)c1c[nH]c2ncc(-c3cccc(CN)c3)nc12.CC(C)(C)C(=O)c1c[nH]c2ncc(-c3cccc(CN)c3)nc12. The first-order valence-corrected chi connectivity index (χ1v) is 15.2. The van der Waals surface area contributed by atoms with E-state index in [1.807, 2.05) is 90.1 Å². The molecular weight excluding hydrogens is 576 g/mol. The van der Waals surface area contributed by atoms with Crippen LogP contribution in [0.1, 0.15) is 73.4 Å². The first-order chi connectivity index (χ1) is 21.8. The molecule has 6 N–H and O–H groups in total. The fraction of sp³-hybridized carbons (Fsp3) is 0.278. The zero-order chi connectivity index (χ0) is 33.2. The molecule has 46 heavy (non-hydrogen) atoms. The van der Waals surface area contributed by atoms with E-state index >= 15 is 0 Å². The summed E-state index contributed by atoms with van der Waals surface area (Å²) in [5, 5.41) is 0. The fourth-order valence-corrected chi connectivity index (χ4v) is 4.93. The molecule has 0 aliphatic rings. The average Bonchev–Trinajstić information content (AvgIpc) is 3.67. The molecule has 0 unspecified atom stereocenters. The van der Waals surface area contributed by atoms with E-state index < -0.39 is 10.8 Å². The molecule has 236 valence electrons. The van der Waals surface area contributed by atoms with Gasteiger partial charge in [0, 0.05) is 47.4 Å². The van der Waals surface area contributed by atoms with E-state index in [1.54, 1.807) is 24.8 Å². The van der Waals surface area contributed by atoms with Crippen LogP contribution in [0.4, 0.5) is 0 Å². The van der Waals surface area contributed by atoms with Crippen molar-refractivity contribution in [3.05, 3.63) is 95.6 Å². The number of nitrogens with two attached hydrogens (primary N) is 2. The number of rotatable bonds is 6. The van der Waals surface area contributed by atoms with Crippen LogP contribution in [0.5, 0.6) is 0 Å². The lowest BCUT2D eigenvalue weighted by Crippen LogP contribution is -2.20. The van der Waals surface area contributed by atoms with Gasteiger partial charge in [-0.05, 0) is 23.3 Å². The van der Waals surface area contributed by atoms with Crippen molar-refractivity contribution >= 4 is 33.9 Å². The Morgan fingerprint density at radius 3 is 1.39 bits per heavy atom. The molecule has 0 aliphatic heterocycles. The summed E-state index contributed by atoms with van der Waals surface area (Å²) < 4.78 is 0. The molecule has 4 aromatic heterocycles. The van der Waals surface area contributed by atoms with E-state index in [-0.39, 0.29) is 11.6 Å². The minimum Gasteiger partial charge on any atom is -0.344 e. The molecule has 4 heterocycles. The lowest BCUT2D eigenvalue weighted by atomic mass is 9.87. The van der Waals surface area contributed by atoms with Gasteiger partial charge in [-0.15, -0.1) is 0 Å². The van der Waals surface area contributed by atoms with Crippen LogP contribution in [0.15, 0.2) is 73.3 Å². The van der Waals surface area contributed by atoms with Gasteiger partial charge >= 0.3 is 0 Å². The Hall–Kier alpha value is -5.06. The minimum atomic E-state index is -0.466. The second-order valence-corrected chi connectivity index (χ2v) is 13.3. The summed E-state index contributed by atoms with van der Waals surface area (Å²) >= 11 is 0. The number of carbonyl (C=O) groups excluding carboxylic acids is 2. The number of aromatic amines is 2. The largest absolute Gasteiger partial charge is 0.344 e. The quantitative estimate of drug-likeness (QED) is 0.151. The first kappa shape index (κ1) is 32.3. The molecule has 10 heteroatoms. The van der Waals surface area contributed by atoms with E-state index in [0.717, 1.165) is 33.6 Å². The maximum atomic E-state index is 12.6. The Balaban J connectivity index is 0.000000181. The van der Waals surface area contributed by atoms with Crippen LogP contribution >= 0.6 is 0 Å². The second kappa shape index (κ2) is 12.7. The number of H-pyrrole nitrogens is 2. The van der Waals surface area contributed by atoms with Gasteiger partial charge in [0.15, 0.2) is 22.9 Å². The van der Waals surface area contributed by atoms with Gasteiger partial charge in [-0.2, -0.15) is 0 Å². The molecule has 0 aliphatic carbocycles. The highest BCUT2D eigenvalue weighted by atomic mass is 16.1. The van der Waals surface area contributed by atoms with Crippen LogP contribution in [0.2, 0.25) is 0 Å². The monoisotopic (exact) mass is 616 g/mol. The molecule has 0 fully saturated rings. The third-order valence-corrected chi connectivity index (χ3v) is 7.53. The summed E-state index contributed by atoms with van der Waals surface area (Å²) in [4.78, 5) is 49.3. The van der Waals surface area contributed by atoms with E-state index in [1.165, 1.54) is 0 Å². The summed E-state index contributed by atoms with van der Waals surface area (Å²) in [5.41, 5.74) is 19.5. The van der Waals surface area contributed by atoms with E-state index in [2.05, 4.69) is 29.9 Å². The zero-order valence-electron chi connectivity index (χ0n) is 27.1. The van der Waals surface area contributed by atoms with Gasteiger partial charge in [-0.3, -0.25) is 9.59 Å². The average molecular weight is 617 g/mol. The highest BCUT2D eigenvalue weighted by Crippen LogP contribution is 2.28. The molecule has 0 amide bonds. The van der Waals surface area contributed by atoms with Crippen molar-refractivity contribution in [2.24, 2.45) is 22.3 Å². The highest BCUT2D eigenvalue weighted by Gasteiger charge is 2.27. The third kappa shape index (κ3) is 6.78.